The third-order valence-electron chi connectivity index (χ3n) is 3.62. The molecule has 0 aromatic carbocycles. The molecule has 3 rings (SSSR count). The van der Waals surface area contributed by atoms with Crippen LogP contribution in [0.15, 0.2) is 42.9 Å². The van der Waals surface area contributed by atoms with Crippen LogP contribution in [-0.4, -0.2) is 29.1 Å². The average molecular weight is 272 g/mol. The Kier molecular flexibility index (Phi) is 3.76. The summed E-state index contributed by atoms with van der Waals surface area (Å²) in [5, 5.41) is 3.41. The molecule has 2 aromatic rings. The van der Waals surface area contributed by atoms with Gasteiger partial charge in [-0.15, -0.1) is 0 Å². The van der Waals surface area contributed by atoms with Gasteiger partial charge in [0.1, 0.15) is 0 Å². The first kappa shape index (κ1) is 12.8. The van der Waals surface area contributed by atoms with Crippen molar-refractivity contribution in [1.29, 1.82) is 0 Å². The fourth-order valence-corrected chi connectivity index (χ4v) is 2.53. The SMILES string of the molecule is Fc1ccc(NC2CCN(c3ccncc3)CC2)cn1. The lowest BCUT2D eigenvalue weighted by atomic mass is 10.0. The molecule has 0 saturated carbocycles. The number of nitrogens with one attached hydrogen (secondary N) is 1. The largest absolute Gasteiger partial charge is 0.381 e. The molecule has 4 nitrogen and oxygen atoms in total. The molecular formula is C15H17FN4. The summed E-state index contributed by atoms with van der Waals surface area (Å²) in [5.74, 6) is -0.442. The summed E-state index contributed by atoms with van der Waals surface area (Å²) in [5.41, 5.74) is 2.11. The lowest BCUT2D eigenvalue weighted by Gasteiger charge is -2.34. The summed E-state index contributed by atoms with van der Waals surface area (Å²) in [4.78, 5) is 10.1. The number of hydrogen-bond donors (Lipinski definition) is 1. The van der Waals surface area contributed by atoms with E-state index >= 15 is 0 Å². The van der Waals surface area contributed by atoms with Crippen molar-refractivity contribution in [2.75, 3.05) is 23.3 Å². The molecule has 5 heteroatoms. The van der Waals surface area contributed by atoms with Crippen molar-refractivity contribution < 1.29 is 4.39 Å². The van der Waals surface area contributed by atoms with Gasteiger partial charge in [-0.05, 0) is 37.1 Å². The van der Waals surface area contributed by atoms with Gasteiger partial charge in [0.2, 0.25) is 5.95 Å². The topological polar surface area (TPSA) is 41.0 Å². The highest BCUT2D eigenvalue weighted by Crippen LogP contribution is 2.21. The smallest absolute Gasteiger partial charge is 0.212 e. The molecule has 0 atom stereocenters. The molecule has 1 fully saturated rings. The first-order valence-corrected chi connectivity index (χ1v) is 6.84. The Bertz CT molecular complexity index is 536. The minimum absolute atomic E-state index is 0.417. The maximum Gasteiger partial charge on any atom is 0.212 e. The molecule has 20 heavy (non-hydrogen) atoms. The quantitative estimate of drug-likeness (QED) is 0.872. The van der Waals surface area contributed by atoms with Gasteiger partial charge in [-0.1, -0.05) is 0 Å². The Morgan fingerprint density at radius 1 is 1.10 bits per heavy atom. The third kappa shape index (κ3) is 3.04. The van der Waals surface area contributed by atoms with E-state index in [1.54, 1.807) is 12.3 Å². The Balaban J connectivity index is 1.55. The molecule has 0 unspecified atom stereocenters. The van der Waals surface area contributed by atoms with Crippen LogP contribution in [-0.2, 0) is 0 Å². The highest BCUT2D eigenvalue weighted by molar-refractivity contribution is 5.46. The maximum atomic E-state index is 12.8. The van der Waals surface area contributed by atoms with Gasteiger partial charge in [0.25, 0.3) is 0 Å². The van der Waals surface area contributed by atoms with Crippen molar-refractivity contribution in [3.05, 3.63) is 48.8 Å². The molecule has 2 aromatic heterocycles. The summed E-state index contributed by atoms with van der Waals surface area (Å²) in [6.07, 6.45) is 7.30. The fraction of sp³-hybridized carbons (Fsp3) is 0.333. The van der Waals surface area contributed by atoms with E-state index in [1.807, 2.05) is 24.5 Å². The number of aromatic nitrogens is 2. The second-order valence-electron chi connectivity index (χ2n) is 4.98. The van der Waals surface area contributed by atoms with E-state index in [9.17, 15) is 4.39 Å². The number of hydrogen-bond acceptors (Lipinski definition) is 4. The predicted octanol–water partition coefficient (Wildman–Crippen LogP) is 2.70. The van der Waals surface area contributed by atoms with Crippen LogP contribution in [0.1, 0.15) is 12.8 Å². The van der Waals surface area contributed by atoms with Crippen molar-refractivity contribution in [3.8, 4) is 0 Å². The standard InChI is InChI=1S/C15H17FN4/c16-15-2-1-13(11-18-15)19-12-5-9-20(10-6-12)14-3-7-17-8-4-14/h1-4,7-8,11-12,19H,5-6,9-10H2. The van der Waals surface area contributed by atoms with Crippen molar-refractivity contribution >= 4 is 11.4 Å². The lowest BCUT2D eigenvalue weighted by Crippen LogP contribution is -2.39. The van der Waals surface area contributed by atoms with E-state index in [-0.39, 0.29) is 0 Å². The van der Waals surface area contributed by atoms with E-state index in [0.717, 1.165) is 31.6 Å². The zero-order chi connectivity index (χ0) is 13.8. The van der Waals surface area contributed by atoms with E-state index in [1.165, 1.54) is 11.8 Å². The van der Waals surface area contributed by atoms with Crippen LogP contribution < -0.4 is 10.2 Å². The predicted molar refractivity (Wildman–Crippen MR) is 77.3 cm³/mol. The second-order valence-corrected chi connectivity index (χ2v) is 4.98. The number of nitrogens with zero attached hydrogens (tertiary/aromatic N) is 3. The Morgan fingerprint density at radius 2 is 1.85 bits per heavy atom. The zero-order valence-corrected chi connectivity index (χ0v) is 11.2. The molecule has 1 aliphatic heterocycles. The molecule has 1 aliphatic rings. The van der Waals surface area contributed by atoms with Crippen LogP contribution in [0.5, 0.6) is 0 Å². The highest BCUT2D eigenvalue weighted by Gasteiger charge is 2.19. The Hall–Kier alpha value is -2.17. The van der Waals surface area contributed by atoms with Crippen LogP contribution in [0.2, 0.25) is 0 Å². The minimum atomic E-state index is -0.442. The van der Waals surface area contributed by atoms with E-state index in [2.05, 4.69) is 20.2 Å². The molecule has 104 valence electrons. The third-order valence-corrected chi connectivity index (χ3v) is 3.62. The van der Waals surface area contributed by atoms with E-state index < -0.39 is 5.95 Å². The van der Waals surface area contributed by atoms with Crippen molar-refractivity contribution in [3.63, 3.8) is 0 Å². The summed E-state index contributed by atoms with van der Waals surface area (Å²) < 4.78 is 12.8. The van der Waals surface area contributed by atoms with Gasteiger partial charge in [-0.2, -0.15) is 4.39 Å². The van der Waals surface area contributed by atoms with Crippen molar-refractivity contribution in [2.45, 2.75) is 18.9 Å². The van der Waals surface area contributed by atoms with Gasteiger partial charge < -0.3 is 10.2 Å². The normalized spacial score (nSPS) is 16.1. The van der Waals surface area contributed by atoms with Crippen molar-refractivity contribution in [2.24, 2.45) is 0 Å². The van der Waals surface area contributed by atoms with E-state index in [0.29, 0.717) is 6.04 Å². The number of pyridine rings is 2. The summed E-state index contributed by atoms with van der Waals surface area (Å²) >= 11 is 0. The van der Waals surface area contributed by atoms with Gasteiger partial charge in [0, 0.05) is 37.2 Å². The maximum absolute atomic E-state index is 12.8. The molecular weight excluding hydrogens is 255 g/mol. The first-order chi connectivity index (χ1) is 9.81. The monoisotopic (exact) mass is 272 g/mol. The van der Waals surface area contributed by atoms with Crippen LogP contribution in [0.3, 0.4) is 0 Å². The highest BCUT2D eigenvalue weighted by atomic mass is 19.1. The van der Waals surface area contributed by atoms with Gasteiger partial charge in [-0.25, -0.2) is 4.98 Å². The molecule has 0 aliphatic carbocycles. The number of piperidine rings is 1. The second kappa shape index (κ2) is 5.86. The van der Waals surface area contributed by atoms with Crippen LogP contribution in [0.4, 0.5) is 15.8 Å². The summed E-state index contributed by atoms with van der Waals surface area (Å²) in [6, 6.07) is 7.61. The fourth-order valence-electron chi connectivity index (χ4n) is 2.53. The average Bonchev–Trinajstić information content (AvgIpc) is 2.51. The Labute approximate surface area is 117 Å². The van der Waals surface area contributed by atoms with Gasteiger partial charge >= 0.3 is 0 Å². The van der Waals surface area contributed by atoms with Crippen LogP contribution >= 0.6 is 0 Å². The van der Waals surface area contributed by atoms with Gasteiger partial charge in [0.05, 0.1) is 11.9 Å². The zero-order valence-electron chi connectivity index (χ0n) is 11.2. The molecule has 1 saturated heterocycles. The lowest BCUT2D eigenvalue weighted by molar-refractivity contribution is 0.526. The molecule has 3 heterocycles. The Morgan fingerprint density at radius 3 is 2.50 bits per heavy atom. The van der Waals surface area contributed by atoms with Gasteiger partial charge in [0.15, 0.2) is 0 Å². The molecule has 0 bridgehead atoms. The molecule has 0 amide bonds. The number of rotatable bonds is 3. The van der Waals surface area contributed by atoms with E-state index in [4.69, 9.17) is 0 Å². The van der Waals surface area contributed by atoms with Crippen molar-refractivity contribution in [1.82, 2.24) is 9.97 Å². The van der Waals surface area contributed by atoms with Gasteiger partial charge in [-0.3, -0.25) is 4.98 Å². The summed E-state index contributed by atoms with van der Waals surface area (Å²) in [7, 11) is 0. The molecule has 0 radical (unpaired) electrons. The van der Waals surface area contributed by atoms with Crippen LogP contribution in [0.25, 0.3) is 0 Å². The first-order valence-electron chi connectivity index (χ1n) is 6.84. The number of halogens is 1. The summed E-state index contributed by atoms with van der Waals surface area (Å²) in [6.45, 7) is 2.02. The minimum Gasteiger partial charge on any atom is -0.381 e. The number of anilines is 2. The molecule has 1 N–H and O–H groups in total. The molecule has 0 spiro atoms. The van der Waals surface area contributed by atoms with Crippen LogP contribution in [0, 0.1) is 5.95 Å².